The van der Waals surface area contributed by atoms with Crippen LogP contribution in [0.25, 0.3) is 0 Å². The smallest absolute Gasteiger partial charge is 0.158 e. The minimum absolute atomic E-state index is 0.321. The lowest BCUT2D eigenvalue weighted by Gasteiger charge is -2.27. The number of fused-ring (bicyclic) bond motifs is 1. The first-order chi connectivity index (χ1) is 10.0. The van der Waals surface area contributed by atoms with Crippen LogP contribution in [0.3, 0.4) is 0 Å². The maximum atomic E-state index is 12.9. The van der Waals surface area contributed by atoms with E-state index in [9.17, 15) is 8.42 Å². The van der Waals surface area contributed by atoms with E-state index in [2.05, 4.69) is 0 Å². The standard InChI is InChI=1S/C15H21NO4S/c1-19-11-3-2-10-8-14(15(16)13(10)9-11)21(17,18)12-4-6-20-7-5-12/h2-3,9,12,14-15H,4-8,16H2,1H3. The van der Waals surface area contributed by atoms with E-state index >= 15 is 0 Å². The molecule has 1 heterocycles. The van der Waals surface area contributed by atoms with Gasteiger partial charge in [-0.05, 0) is 42.5 Å². The van der Waals surface area contributed by atoms with E-state index in [4.69, 9.17) is 15.2 Å². The van der Waals surface area contributed by atoms with Crippen molar-refractivity contribution in [1.29, 1.82) is 0 Å². The SMILES string of the molecule is COc1ccc2c(c1)C(N)C(S(=O)(=O)C1CCOCC1)C2. The predicted octanol–water partition coefficient (Wildman–Crippen LogP) is 1.21. The Morgan fingerprint density at radius 1 is 1.29 bits per heavy atom. The Bertz CT molecular complexity index is 623. The average Bonchev–Trinajstić information content (AvgIpc) is 2.85. The van der Waals surface area contributed by atoms with Crippen LogP contribution >= 0.6 is 0 Å². The third kappa shape index (κ3) is 2.56. The normalized spacial score (nSPS) is 26.6. The highest BCUT2D eigenvalue weighted by atomic mass is 32.2. The molecule has 0 saturated carbocycles. The maximum Gasteiger partial charge on any atom is 0.158 e. The molecule has 1 fully saturated rings. The Morgan fingerprint density at radius 3 is 2.67 bits per heavy atom. The number of methoxy groups -OCH3 is 1. The summed E-state index contributed by atoms with van der Waals surface area (Å²) in [6, 6.07) is 5.17. The quantitative estimate of drug-likeness (QED) is 0.908. The van der Waals surface area contributed by atoms with E-state index in [-0.39, 0.29) is 5.25 Å². The lowest BCUT2D eigenvalue weighted by atomic mass is 10.1. The molecule has 2 N–H and O–H groups in total. The number of nitrogens with two attached hydrogens (primary N) is 1. The second-order valence-corrected chi connectivity index (χ2v) is 8.18. The Hall–Kier alpha value is -1.11. The van der Waals surface area contributed by atoms with Crippen molar-refractivity contribution in [2.45, 2.75) is 35.8 Å². The lowest BCUT2D eigenvalue weighted by Crippen LogP contribution is -2.40. The molecule has 0 amide bonds. The zero-order valence-electron chi connectivity index (χ0n) is 12.1. The first-order valence-corrected chi connectivity index (χ1v) is 8.88. The van der Waals surface area contributed by atoms with E-state index < -0.39 is 21.1 Å². The highest BCUT2D eigenvalue weighted by Crippen LogP contribution is 2.38. The van der Waals surface area contributed by atoms with Crippen LogP contribution < -0.4 is 10.5 Å². The molecule has 1 aromatic rings. The minimum Gasteiger partial charge on any atom is -0.497 e. The molecule has 2 unspecified atom stereocenters. The van der Waals surface area contributed by atoms with Gasteiger partial charge in [0.1, 0.15) is 5.75 Å². The molecule has 3 rings (SSSR count). The molecule has 0 aromatic heterocycles. The van der Waals surface area contributed by atoms with Crippen molar-refractivity contribution in [3.05, 3.63) is 29.3 Å². The van der Waals surface area contributed by atoms with Crippen molar-refractivity contribution in [1.82, 2.24) is 0 Å². The second-order valence-electron chi connectivity index (χ2n) is 5.73. The summed E-state index contributed by atoms with van der Waals surface area (Å²) in [7, 11) is -1.65. The first kappa shape index (κ1) is 14.8. The summed E-state index contributed by atoms with van der Waals surface area (Å²) in [5.41, 5.74) is 8.16. The summed E-state index contributed by atoms with van der Waals surface area (Å²) in [5.74, 6) is 0.716. The Morgan fingerprint density at radius 2 is 2.00 bits per heavy atom. The Labute approximate surface area is 125 Å². The van der Waals surface area contributed by atoms with E-state index in [1.54, 1.807) is 7.11 Å². The summed E-state index contributed by atoms with van der Waals surface area (Å²) in [6.45, 7) is 1.04. The maximum absolute atomic E-state index is 12.9. The molecule has 1 aromatic carbocycles. The van der Waals surface area contributed by atoms with E-state index in [1.165, 1.54) is 0 Å². The molecule has 1 aliphatic heterocycles. The fourth-order valence-corrected chi connectivity index (χ4v) is 5.62. The molecule has 21 heavy (non-hydrogen) atoms. The van der Waals surface area contributed by atoms with Crippen LogP contribution in [0, 0.1) is 0 Å². The molecule has 116 valence electrons. The van der Waals surface area contributed by atoms with Gasteiger partial charge < -0.3 is 15.2 Å². The molecular weight excluding hydrogens is 290 g/mol. The molecule has 1 aliphatic carbocycles. The topological polar surface area (TPSA) is 78.6 Å². The third-order valence-corrected chi connectivity index (χ3v) is 7.29. The molecule has 6 heteroatoms. The van der Waals surface area contributed by atoms with Gasteiger partial charge in [-0.2, -0.15) is 0 Å². The number of ether oxygens (including phenoxy) is 2. The minimum atomic E-state index is -3.24. The average molecular weight is 311 g/mol. The van der Waals surface area contributed by atoms with Crippen LogP contribution in [-0.2, 0) is 21.0 Å². The van der Waals surface area contributed by atoms with Crippen LogP contribution in [0.5, 0.6) is 5.75 Å². The van der Waals surface area contributed by atoms with Gasteiger partial charge in [-0.3, -0.25) is 0 Å². The highest BCUT2D eigenvalue weighted by molar-refractivity contribution is 7.92. The number of sulfone groups is 1. The number of hydrogen-bond acceptors (Lipinski definition) is 5. The fraction of sp³-hybridized carbons (Fsp3) is 0.600. The molecule has 5 nitrogen and oxygen atoms in total. The Kier molecular flexibility index (Phi) is 3.94. The van der Waals surface area contributed by atoms with E-state index in [1.807, 2.05) is 18.2 Å². The van der Waals surface area contributed by atoms with Gasteiger partial charge in [0, 0.05) is 19.3 Å². The van der Waals surface area contributed by atoms with E-state index in [0.717, 1.165) is 11.1 Å². The van der Waals surface area contributed by atoms with Gasteiger partial charge >= 0.3 is 0 Å². The molecule has 1 saturated heterocycles. The van der Waals surface area contributed by atoms with Gasteiger partial charge in [-0.1, -0.05) is 6.07 Å². The van der Waals surface area contributed by atoms with Crippen molar-refractivity contribution in [2.75, 3.05) is 20.3 Å². The zero-order valence-corrected chi connectivity index (χ0v) is 12.9. The number of rotatable bonds is 3. The van der Waals surface area contributed by atoms with Crippen LogP contribution in [0.4, 0.5) is 0 Å². The van der Waals surface area contributed by atoms with Crippen molar-refractivity contribution in [3.8, 4) is 5.75 Å². The molecule has 2 aliphatic rings. The number of benzene rings is 1. The third-order valence-electron chi connectivity index (χ3n) is 4.59. The first-order valence-electron chi connectivity index (χ1n) is 7.27. The fourth-order valence-electron chi connectivity index (χ4n) is 3.31. The van der Waals surface area contributed by atoms with Gasteiger partial charge in [0.2, 0.25) is 0 Å². The van der Waals surface area contributed by atoms with Crippen molar-refractivity contribution in [2.24, 2.45) is 5.73 Å². The highest BCUT2D eigenvalue weighted by Gasteiger charge is 2.43. The van der Waals surface area contributed by atoms with Crippen LogP contribution in [-0.4, -0.2) is 39.2 Å². The molecule has 0 radical (unpaired) electrons. The van der Waals surface area contributed by atoms with Gasteiger partial charge in [0.25, 0.3) is 0 Å². The molecular formula is C15H21NO4S. The van der Waals surface area contributed by atoms with E-state index in [0.29, 0.717) is 38.2 Å². The monoisotopic (exact) mass is 311 g/mol. The summed E-state index contributed by atoms with van der Waals surface area (Å²) < 4.78 is 36.2. The summed E-state index contributed by atoms with van der Waals surface area (Å²) in [5, 5.41) is -0.846. The second kappa shape index (κ2) is 5.59. The van der Waals surface area contributed by atoms with Crippen LogP contribution in [0.15, 0.2) is 18.2 Å². The van der Waals surface area contributed by atoms with Gasteiger partial charge in [-0.15, -0.1) is 0 Å². The Balaban J connectivity index is 1.88. The summed E-state index contributed by atoms with van der Waals surface area (Å²) >= 11 is 0. The largest absolute Gasteiger partial charge is 0.497 e. The van der Waals surface area contributed by atoms with Gasteiger partial charge in [-0.25, -0.2) is 8.42 Å². The zero-order chi connectivity index (χ0) is 15.0. The van der Waals surface area contributed by atoms with Gasteiger partial charge in [0.15, 0.2) is 9.84 Å². The van der Waals surface area contributed by atoms with Crippen LogP contribution in [0.1, 0.15) is 30.0 Å². The van der Waals surface area contributed by atoms with Gasteiger partial charge in [0.05, 0.1) is 17.6 Å². The number of hydrogen-bond donors (Lipinski definition) is 1. The van der Waals surface area contributed by atoms with Crippen LogP contribution in [0.2, 0.25) is 0 Å². The predicted molar refractivity (Wildman–Crippen MR) is 80.2 cm³/mol. The molecule has 2 atom stereocenters. The summed E-state index contributed by atoms with van der Waals surface area (Å²) in [6.07, 6.45) is 1.65. The van der Waals surface area contributed by atoms with Crippen molar-refractivity contribution < 1.29 is 17.9 Å². The molecule has 0 bridgehead atoms. The molecule has 0 spiro atoms. The van der Waals surface area contributed by atoms with Crippen molar-refractivity contribution in [3.63, 3.8) is 0 Å². The summed E-state index contributed by atoms with van der Waals surface area (Å²) in [4.78, 5) is 0. The lowest BCUT2D eigenvalue weighted by molar-refractivity contribution is 0.0981. The van der Waals surface area contributed by atoms with Crippen molar-refractivity contribution >= 4 is 9.84 Å².